The Labute approximate surface area is 125 Å². The molecule has 0 N–H and O–H groups in total. The molecule has 0 amide bonds. The van der Waals surface area contributed by atoms with Gasteiger partial charge >= 0.3 is 0 Å². The first kappa shape index (κ1) is 13.3. The van der Waals surface area contributed by atoms with Crippen LogP contribution in [0.1, 0.15) is 23.8 Å². The Morgan fingerprint density at radius 1 is 1.20 bits per heavy atom. The van der Waals surface area contributed by atoms with E-state index in [1.54, 1.807) is 23.1 Å². The number of aromatic nitrogens is 3. The lowest BCUT2D eigenvalue weighted by molar-refractivity contribution is 0.509. The maximum absolute atomic E-state index is 5.74. The second-order valence-corrected chi connectivity index (χ2v) is 6.77. The first-order valence-electron chi connectivity index (χ1n) is 6.20. The molecule has 3 rings (SSSR count). The third kappa shape index (κ3) is 2.91. The minimum Gasteiger partial charge on any atom is -0.419 e. The van der Waals surface area contributed by atoms with Gasteiger partial charge in [0.1, 0.15) is 0 Å². The highest BCUT2D eigenvalue weighted by Crippen LogP contribution is 2.36. The molecule has 0 aliphatic rings. The second kappa shape index (κ2) is 5.76. The van der Waals surface area contributed by atoms with Crippen molar-refractivity contribution >= 4 is 23.1 Å². The van der Waals surface area contributed by atoms with Crippen LogP contribution in [0.25, 0.3) is 11.5 Å². The summed E-state index contributed by atoms with van der Waals surface area (Å²) >= 11 is 3.27. The molecule has 102 valence electrons. The number of rotatable bonds is 4. The van der Waals surface area contributed by atoms with E-state index in [1.165, 1.54) is 0 Å². The molecule has 6 heteroatoms. The van der Waals surface area contributed by atoms with E-state index in [0.717, 1.165) is 15.6 Å². The molecule has 1 aromatic carbocycles. The molecule has 0 spiro atoms. The van der Waals surface area contributed by atoms with Crippen molar-refractivity contribution in [1.29, 1.82) is 0 Å². The van der Waals surface area contributed by atoms with Gasteiger partial charge in [0, 0.05) is 16.6 Å². The minimum atomic E-state index is 0.0884. The molecule has 0 aliphatic carbocycles. The van der Waals surface area contributed by atoms with Crippen LogP contribution in [0.3, 0.4) is 0 Å². The second-order valence-electron chi connectivity index (χ2n) is 4.33. The Hall–Kier alpha value is -1.66. The van der Waals surface area contributed by atoms with E-state index in [1.807, 2.05) is 49.6 Å². The van der Waals surface area contributed by atoms with Crippen molar-refractivity contribution < 1.29 is 4.42 Å². The molecule has 1 atom stereocenters. The Morgan fingerprint density at radius 2 is 2.00 bits per heavy atom. The van der Waals surface area contributed by atoms with Gasteiger partial charge in [0.15, 0.2) is 4.34 Å². The normalized spacial score (nSPS) is 12.5. The summed E-state index contributed by atoms with van der Waals surface area (Å²) in [6.45, 7) is 4.04. The van der Waals surface area contributed by atoms with Crippen LogP contribution in [-0.2, 0) is 0 Å². The van der Waals surface area contributed by atoms with Crippen molar-refractivity contribution in [3.63, 3.8) is 0 Å². The maximum atomic E-state index is 5.74. The first-order chi connectivity index (χ1) is 9.72. The molecule has 4 nitrogen and oxygen atoms in total. The fraction of sp³-hybridized carbons (Fsp3) is 0.214. The SMILES string of the molecule is Cc1csc(SC(C)c2nnc(-c3ccccc3)o2)n1. The third-order valence-electron chi connectivity index (χ3n) is 2.68. The first-order valence-corrected chi connectivity index (χ1v) is 7.96. The average molecular weight is 303 g/mol. The van der Waals surface area contributed by atoms with Gasteiger partial charge in [0.05, 0.1) is 5.25 Å². The van der Waals surface area contributed by atoms with Crippen LogP contribution in [0.4, 0.5) is 0 Å². The Bertz CT molecular complexity index is 693. The highest BCUT2D eigenvalue weighted by atomic mass is 32.2. The van der Waals surface area contributed by atoms with Crippen LogP contribution in [0.2, 0.25) is 0 Å². The molecule has 0 aliphatic heterocycles. The summed E-state index contributed by atoms with van der Waals surface area (Å²) in [5.41, 5.74) is 1.98. The monoisotopic (exact) mass is 303 g/mol. The lowest BCUT2D eigenvalue weighted by Crippen LogP contribution is -1.88. The smallest absolute Gasteiger partial charge is 0.247 e. The van der Waals surface area contributed by atoms with E-state index in [4.69, 9.17) is 4.42 Å². The van der Waals surface area contributed by atoms with Gasteiger partial charge in [-0.3, -0.25) is 0 Å². The molecule has 3 aromatic rings. The zero-order chi connectivity index (χ0) is 13.9. The molecule has 0 saturated heterocycles. The standard InChI is InChI=1S/C14H13N3OS2/c1-9-8-19-14(15-9)20-10(2)12-16-17-13(18-12)11-6-4-3-5-7-11/h3-8,10H,1-2H3. The van der Waals surface area contributed by atoms with E-state index in [2.05, 4.69) is 15.2 Å². The van der Waals surface area contributed by atoms with Crippen LogP contribution in [-0.4, -0.2) is 15.2 Å². The van der Waals surface area contributed by atoms with Gasteiger partial charge in [-0.25, -0.2) is 4.98 Å². The zero-order valence-electron chi connectivity index (χ0n) is 11.1. The molecule has 0 fully saturated rings. The summed E-state index contributed by atoms with van der Waals surface area (Å²) in [5.74, 6) is 1.19. The van der Waals surface area contributed by atoms with Crippen molar-refractivity contribution in [3.8, 4) is 11.5 Å². The summed E-state index contributed by atoms with van der Waals surface area (Å²) in [4.78, 5) is 4.43. The maximum Gasteiger partial charge on any atom is 0.247 e. The minimum absolute atomic E-state index is 0.0884. The lowest BCUT2D eigenvalue weighted by atomic mass is 10.2. The van der Waals surface area contributed by atoms with Gasteiger partial charge < -0.3 is 4.42 Å². The number of aryl methyl sites for hydroxylation is 1. The molecule has 20 heavy (non-hydrogen) atoms. The van der Waals surface area contributed by atoms with E-state index < -0.39 is 0 Å². The van der Waals surface area contributed by atoms with Gasteiger partial charge in [0.25, 0.3) is 0 Å². The molecular weight excluding hydrogens is 290 g/mol. The predicted molar refractivity (Wildman–Crippen MR) is 80.9 cm³/mol. The number of nitrogens with zero attached hydrogens (tertiary/aromatic N) is 3. The molecule has 2 aromatic heterocycles. The van der Waals surface area contributed by atoms with Crippen molar-refractivity contribution in [2.24, 2.45) is 0 Å². The van der Waals surface area contributed by atoms with Gasteiger partial charge in [0.2, 0.25) is 11.8 Å². The predicted octanol–water partition coefficient (Wildman–Crippen LogP) is 4.35. The Kier molecular flexibility index (Phi) is 3.84. The molecule has 1 unspecified atom stereocenters. The summed E-state index contributed by atoms with van der Waals surface area (Å²) in [6.07, 6.45) is 0. The lowest BCUT2D eigenvalue weighted by Gasteiger charge is -2.02. The number of benzene rings is 1. The van der Waals surface area contributed by atoms with Crippen molar-refractivity contribution in [2.45, 2.75) is 23.4 Å². The molecule has 2 heterocycles. The van der Waals surface area contributed by atoms with E-state index in [-0.39, 0.29) is 5.25 Å². The Morgan fingerprint density at radius 3 is 2.70 bits per heavy atom. The fourth-order valence-electron chi connectivity index (χ4n) is 1.68. The van der Waals surface area contributed by atoms with E-state index in [0.29, 0.717) is 11.8 Å². The summed E-state index contributed by atoms with van der Waals surface area (Å²) in [6, 6.07) is 9.79. The zero-order valence-corrected chi connectivity index (χ0v) is 12.7. The van der Waals surface area contributed by atoms with Crippen LogP contribution < -0.4 is 0 Å². The highest BCUT2D eigenvalue weighted by molar-refractivity contribution is 8.01. The number of thiazole rings is 1. The van der Waals surface area contributed by atoms with Crippen molar-refractivity contribution in [2.75, 3.05) is 0 Å². The highest BCUT2D eigenvalue weighted by Gasteiger charge is 2.17. The van der Waals surface area contributed by atoms with Crippen molar-refractivity contribution in [1.82, 2.24) is 15.2 Å². The van der Waals surface area contributed by atoms with Gasteiger partial charge in [-0.1, -0.05) is 30.0 Å². The average Bonchev–Trinajstić information content (AvgIpc) is 3.09. The molecule has 0 bridgehead atoms. The topological polar surface area (TPSA) is 51.8 Å². The number of hydrogen-bond donors (Lipinski definition) is 0. The molecular formula is C14H13N3OS2. The molecule has 0 radical (unpaired) electrons. The van der Waals surface area contributed by atoms with Crippen LogP contribution in [0.5, 0.6) is 0 Å². The molecule has 0 saturated carbocycles. The number of thioether (sulfide) groups is 1. The Balaban J connectivity index is 1.76. The largest absolute Gasteiger partial charge is 0.419 e. The van der Waals surface area contributed by atoms with Crippen molar-refractivity contribution in [3.05, 3.63) is 47.3 Å². The van der Waals surface area contributed by atoms with Crippen LogP contribution >= 0.6 is 23.1 Å². The fourth-order valence-corrected chi connectivity index (χ4v) is 3.70. The van der Waals surface area contributed by atoms with E-state index in [9.17, 15) is 0 Å². The van der Waals surface area contributed by atoms with Gasteiger partial charge in [-0.05, 0) is 26.0 Å². The summed E-state index contributed by atoms with van der Waals surface area (Å²) in [7, 11) is 0. The number of hydrogen-bond acceptors (Lipinski definition) is 6. The van der Waals surface area contributed by atoms with Crippen LogP contribution in [0, 0.1) is 6.92 Å². The van der Waals surface area contributed by atoms with Gasteiger partial charge in [-0.2, -0.15) is 0 Å². The van der Waals surface area contributed by atoms with Crippen LogP contribution in [0.15, 0.2) is 44.5 Å². The summed E-state index contributed by atoms with van der Waals surface area (Å²) in [5, 5.41) is 10.4. The van der Waals surface area contributed by atoms with E-state index >= 15 is 0 Å². The summed E-state index contributed by atoms with van der Waals surface area (Å²) < 4.78 is 6.77. The third-order valence-corrected chi connectivity index (χ3v) is 4.86. The van der Waals surface area contributed by atoms with Gasteiger partial charge in [-0.15, -0.1) is 21.5 Å². The quantitative estimate of drug-likeness (QED) is 0.670.